The largest absolute Gasteiger partial charge is 0.506 e. The number of carbonyl (C=O) groups excluding carboxylic acids is 3. The number of hydrogen-bond donors (Lipinski definition) is 3. The first-order chi connectivity index (χ1) is 26.6. The molecule has 4 aliphatic heterocycles. The summed E-state index contributed by atoms with van der Waals surface area (Å²) in [5.74, 6) is 0.116. The number of carbonyl (C=O) groups is 3. The standard InChI is InChI=1S/C44H52N4O7/c1-2-47(24-8-4-7-11-36(49)34-17-19-37(50)41-35(34)18-20-39(51)45-41)42(53)32-15-12-30(13-16-32)14-21-40(52)48-28-44(29-48,33-9-5-3-6-10-33)43(54)55-38-27-46-25-22-31(38)23-26-46/h3,5-6,9-10,12-13,15-20,31,36,38,49-50H,2,4,7-8,11,14,21-29H2,1H3,(H,45,51)/t36-,38-/m0/s1. The number of nitrogens with zero attached hydrogens (tertiary/aromatic N) is 3. The summed E-state index contributed by atoms with van der Waals surface area (Å²) < 4.78 is 6.20. The van der Waals surface area contributed by atoms with E-state index < -0.39 is 11.5 Å². The Morgan fingerprint density at radius 1 is 0.945 bits per heavy atom. The number of phenolic OH excluding ortho intramolecular Hbond substituents is 1. The van der Waals surface area contributed by atoms with Crippen LogP contribution >= 0.6 is 0 Å². The first-order valence-electron chi connectivity index (χ1n) is 19.8. The number of aromatic amines is 1. The molecule has 290 valence electrons. The molecular formula is C44H52N4O7. The van der Waals surface area contributed by atoms with Crippen LogP contribution in [0, 0.1) is 5.92 Å². The number of benzene rings is 3. The Kier molecular flexibility index (Phi) is 11.7. The smallest absolute Gasteiger partial charge is 0.320 e. The van der Waals surface area contributed by atoms with Crippen LogP contribution in [-0.2, 0) is 26.2 Å². The average Bonchev–Trinajstić information content (AvgIpc) is 3.19. The summed E-state index contributed by atoms with van der Waals surface area (Å²) in [6.45, 7) is 6.70. The normalized spacial score (nSPS) is 20.5. The molecule has 4 saturated heterocycles. The molecule has 3 N–H and O–H groups in total. The van der Waals surface area contributed by atoms with Crippen molar-refractivity contribution >= 4 is 28.7 Å². The number of piperidine rings is 3. The van der Waals surface area contributed by atoms with E-state index in [1.165, 1.54) is 12.1 Å². The molecule has 5 heterocycles. The zero-order valence-electron chi connectivity index (χ0n) is 31.6. The van der Waals surface area contributed by atoms with Gasteiger partial charge in [0.25, 0.3) is 5.91 Å². The van der Waals surface area contributed by atoms with Crippen molar-refractivity contribution in [2.75, 3.05) is 45.8 Å². The number of nitrogens with one attached hydrogen (secondary N) is 1. The molecule has 0 unspecified atom stereocenters. The fourth-order valence-corrected chi connectivity index (χ4v) is 8.59. The number of phenols is 1. The third-order valence-corrected chi connectivity index (χ3v) is 12.0. The highest BCUT2D eigenvalue weighted by Gasteiger charge is 2.54. The fourth-order valence-electron chi connectivity index (χ4n) is 8.59. The second-order valence-electron chi connectivity index (χ2n) is 15.5. The zero-order chi connectivity index (χ0) is 38.5. The molecular weight excluding hydrogens is 697 g/mol. The van der Waals surface area contributed by atoms with Crippen molar-refractivity contribution in [3.63, 3.8) is 0 Å². The number of esters is 1. The summed E-state index contributed by atoms with van der Waals surface area (Å²) in [4.78, 5) is 60.8. The highest BCUT2D eigenvalue weighted by atomic mass is 16.5. The maximum atomic E-state index is 13.8. The van der Waals surface area contributed by atoms with Crippen molar-refractivity contribution in [1.82, 2.24) is 19.7 Å². The molecule has 2 amide bonds. The van der Waals surface area contributed by atoms with Gasteiger partial charge in [0.15, 0.2) is 0 Å². The van der Waals surface area contributed by atoms with Gasteiger partial charge >= 0.3 is 5.97 Å². The predicted octanol–water partition coefficient (Wildman–Crippen LogP) is 5.34. The Balaban J connectivity index is 0.860. The number of hydrogen-bond acceptors (Lipinski definition) is 8. The molecule has 8 rings (SSSR count). The van der Waals surface area contributed by atoms with Crippen molar-refractivity contribution in [2.45, 2.75) is 75.9 Å². The molecule has 4 aromatic rings. The van der Waals surface area contributed by atoms with E-state index in [0.29, 0.717) is 73.4 Å². The molecule has 55 heavy (non-hydrogen) atoms. The van der Waals surface area contributed by atoms with Crippen LogP contribution in [-0.4, -0.2) is 99.6 Å². The zero-order valence-corrected chi connectivity index (χ0v) is 31.6. The maximum absolute atomic E-state index is 13.8. The lowest BCUT2D eigenvalue weighted by atomic mass is 9.73. The summed E-state index contributed by atoms with van der Waals surface area (Å²) in [7, 11) is 0. The van der Waals surface area contributed by atoms with Crippen LogP contribution in [0.15, 0.2) is 83.7 Å². The third-order valence-electron chi connectivity index (χ3n) is 12.0. The minimum atomic E-state index is -0.843. The molecule has 0 saturated carbocycles. The second-order valence-corrected chi connectivity index (χ2v) is 15.5. The minimum Gasteiger partial charge on any atom is -0.506 e. The number of fused-ring (bicyclic) bond motifs is 4. The average molecular weight is 749 g/mol. The molecule has 4 fully saturated rings. The fraction of sp³-hybridized carbons (Fsp3) is 0.455. The number of pyridine rings is 1. The summed E-state index contributed by atoms with van der Waals surface area (Å²) in [6, 6.07) is 23.4. The van der Waals surface area contributed by atoms with Crippen LogP contribution in [0.3, 0.4) is 0 Å². The van der Waals surface area contributed by atoms with Gasteiger partial charge in [-0.3, -0.25) is 24.1 Å². The number of aliphatic hydroxyl groups is 1. The number of amides is 2. The molecule has 0 aliphatic carbocycles. The number of H-pyrrole nitrogens is 1. The van der Waals surface area contributed by atoms with E-state index in [1.54, 1.807) is 17.0 Å². The topological polar surface area (TPSA) is 143 Å². The maximum Gasteiger partial charge on any atom is 0.320 e. The van der Waals surface area contributed by atoms with Crippen LogP contribution < -0.4 is 5.56 Å². The Bertz CT molecular complexity index is 2030. The van der Waals surface area contributed by atoms with E-state index in [0.717, 1.165) is 62.9 Å². The highest BCUT2D eigenvalue weighted by molar-refractivity contribution is 5.94. The van der Waals surface area contributed by atoms with Gasteiger partial charge in [0.05, 0.1) is 11.6 Å². The first-order valence-corrected chi connectivity index (χ1v) is 19.8. The van der Waals surface area contributed by atoms with E-state index in [9.17, 15) is 29.4 Å². The molecule has 3 aromatic carbocycles. The number of ether oxygens (including phenoxy) is 1. The van der Waals surface area contributed by atoms with Gasteiger partial charge in [0.2, 0.25) is 11.5 Å². The van der Waals surface area contributed by atoms with E-state index in [4.69, 9.17) is 4.74 Å². The van der Waals surface area contributed by atoms with Crippen molar-refractivity contribution < 1.29 is 29.3 Å². The van der Waals surface area contributed by atoms with Gasteiger partial charge in [0.1, 0.15) is 17.3 Å². The SMILES string of the molecule is CCN(CCCCC[C@H](O)c1ccc(O)c2[nH]c(=O)ccc12)C(=O)c1ccc(CCC(=O)N2CC(C(=O)O[C@H]3CN4CCC3CC4)(c3ccccc3)C2)cc1. The van der Waals surface area contributed by atoms with Gasteiger partial charge in [-0.25, -0.2) is 0 Å². The molecule has 2 bridgehead atoms. The first kappa shape index (κ1) is 38.3. The minimum absolute atomic E-state index is 0.000204. The van der Waals surface area contributed by atoms with Crippen molar-refractivity contribution in [2.24, 2.45) is 5.92 Å². The lowest BCUT2D eigenvalue weighted by Crippen LogP contribution is -2.66. The van der Waals surface area contributed by atoms with Crippen LogP contribution in [0.25, 0.3) is 10.9 Å². The summed E-state index contributed by atoms with van der Waals surface area (Å²) >= 11 is 0. The van der Waals surface area contributed by atoms with Crippen LogP contribution in [0.4, 0.5) is 0 Å². The summed E-state index contributed by atoms with van der Waals surface area (Å²) in [5, 5.41) is 21.6. The van der Waals surface area contributed by atoms with Gasteiger partial charge < -0.3 is 29.7 Å². The number of rotatable bonds is 15. The number of aliphatic hydroxyl groups excluding tert-OH is 1. The van der Waals surface area contributed by atoms with Gasteiger partial charge in [0, 0.05) is 56.2 Å². The molecule has 0 spiro atoms. The van der Waals surface area contributed by atoms with Gasteiger partial charge in [-0.05, 0) is 99.0 Å². The van der Waals surface area contributed by atoms with Crippen LogP contribution in [0.2, 0.25) is 0 Å². The number of aromatic hydroxyl groups is 1. The van der Waals surface area contributed by atoms with Gasteiger partial charge in [-0.2, -0.15) is 0 Å². The van der Waals surface area contributed by atoms with E-state index in [2.05, 4.69) is 9.88 Å². The monoisotopic (exact) mass is 748 g/mol. The van der Waals surface area contributed by atoms with Crippen LogP contribution in [0.5, 0.6) is 5.75 Å². The molecule has 11 nitrogen and oxygen atoms in total. The highest BCUT2D eigenvalue weighted by Crippen LogP contribution is 2.39. The second kappa shape index (κ2) is 16.8. The molecule has 0 radical (unpaired) electrons. The summed E-state index contributed by atoms with van der Waals surface area (Å²) in [6.07, 6.45) is 5.02. The lowest BCUT2D eigenvalue weighted by Gasteiger charge is -2.50. The van der Waals surface area contributed by atoms with Crippen molar-refractivity contribution in [1.29, 1.82) is 0 Å². The number of aromatic nitrogens is 1. The predicted molar refractivity (Wildman–Crippen MR) is 210 cm³/mol. The lowest BCUT2D eigenvalue weighted by molar-refractivity contribution is -0.175. The Hall–Kier alpha value is -5.00. The van der Waals surface area contributed by atoms with Gasteiger partial charge in [-0.15, -0.1) is 0 Å². The van der Waals surface area contributed by atoms with E-state index >= 15 is 0 Å². The van der Waals surface area contributed by atoms with Crippen LogP contribution in [0.1, 0.15) is 85.0 Å². The quantitative estimate of drug-likeness (QED) is 0.109. The molecule has 11 heteroatoms. The number of unbranched alkanes of at least 4 members (excludes halogenated alkanes) is 2. The molecule has 1 aromatic heterocycles. The number of aryl methyl sites for hydroxylation is 1. The Labute approximate surface area is 321 Å². The van der Waals surface area contributed by atoms with E-state index in [1.807, 2.05) is 66.4 Å². The van der Waals surface area contributed by atoms with Crippen molar-refractivity contribution in [3.8, 4) is 5.75 Å². The number of likely N-dealkylation sites (tertiary alicyclic amines) is 1. The molecule has 4 aliphatic rings. The van der Waals surface area contributed by atoms with Gasteiger partial charge in [-0.1, -0.05) is 61.4 Å². The summed E-state index contributed by atoms with van der Waals surface area (Å²) in [5.41, 5.74) is 2.28. The Morgan fingerprint density at radius 3 is 2.38 bits per heavy atom. The third kappa shape index (κ3) is 8.33. The van der Waals surface area contributed by atoms with Crippen molar-refractivity contribution in [3.05, 3.63) is 111 Å². The van der Waals surface area contributed by atoms with E-state index in [-0.39, 0.29) is 35.2 Å². The molecule has 2 atom stereocenters. The Morgan fingerprint density at radius 2 is 1.69 bits per heavy atom.